The van der Waals surface area contributed by atoms with Gasteiger partial charge in [0, 0.05) is 27.9 Å². The lowest BCUT2D eigenvalue weighted by molar-refractivity contribution is 0.436. The van der Waals surface area contributed by atoms with Crippen LogP contribution in [0.25, 0.3) is 44.2 Å². The molecule has 2 aliphatic rings. The maximum Gasteiger partial charge on any atom is 0.132 e. The van der Waals surface area contributed by atoms with Gasteiger partial charge >= 0.3 is 0 Å². The number of para-hydroxylation sites is 2. The average Bonchev–Trinajstić information content (AvgIpc) is 3.55. The van der Waals surface area contributed by atoms with E-state index in [1.54, 1.807) is 0 Å². The number of benzene rings is 9. The molecule has 0 saturated heterocycles. The van der Waals surface area contributed by atoms with Gasteiger partial charge in [0.25, 0.3) is 0 Å². The Hall–Kier alpha value is -7.16. The summed E-state index contributed by atoms with van der Waals surface area (Å²) in [6.07, 6.45) is 0. The van der Waals surface area contributed by atoms with E-state index in [9.17, 15) is 0 Å². The topological polar surface area (TPSA) is 12.5 Å². The molecular formula is C53H35NO. The van der Waals surface area contributed by atoms with Crippen LogP contribution in [-0.4, -0.2) is 0 Å². The molecule has 9 aromatic carbocycles. The molecule has 55 heavy (non-hydrogen) atoms. The largest absolute Gasteiger partial charge is 0.457 e. The summed E-state index contributed by atoms with van der Waals surface area (Å²) in [7, 11) is 0. The summed E-state index contributed by atoms with van der Waals surface area (Å²) in [4.78, 5) is 2.50. The number of anilines is 3. The minimum Gasteiger partial charge on any atom is -0.457 e. The van der Waals surface area contributed by atoms with Crippen LogP contribution in [0.2, 0.25) is 0 Å². The normalized spacial score (nSPS) is 14.8. The van der Waals surface area contributed by atoms with Gasteiger partial charge in [-0.05, 0) is 80.6 Å². The highest BCUT2D eigenvalue weighted by atomic mass is 16.5. The van der Waals surface area contributed by atoms with Crippen LogP contribution in [0.5, 0.6) is 11.5 Å². The highest BCUT2D eigenvalue weighted by Gasteiger charge is 2.53. The summed E-state index contributed by atoms with van der Waals surface area (Å²) < 4.78 is 6.94. The zero-order valence-corrected chi connectivity index (χ0v) is 30.1. The monoisotopic (exact) mass is 701 g/mol. The number of fused-ring (bicyclic) bond motifs is 10. The summed E-state index contributed by atoms with van der Waals surface area (Å²) in [5.41, 5.74) is 14.6. The molecule has 9 aromatic rings. The Labute approximate surface area is 321 Å². The maximum atomic E-state index is 6.94. The molecule has 1 aliphatic heterocycles. The molecule has 0 saturated carbocycles. The van der Waals surface area contributed by atoms with E-state index in [0.717, 1.165) is 50.8 Å². The van der Waals surface area contributed by atoms with E-state index in [1.165, 1.54) is 44.2 Å². The standard InChI is InChI=1S/C53H35NO/c1-3-16-36(17-4-1)40-31-33-47-51(35-40)55-50-29-14-12-26-46(50)53(47)45-25-11-9-23-43(45)44-24-15-28-49(52(44)53)54(41-32-30-37-18-7-8-21-39(37)34-41)48-27-13-10-22-42(48)38-19-5-2-6-20-38/h1-35H. The van der Waals surface area contributed by atoms with E-state index >= 15 is 0 Å². The van der Waals surface area contributed by atoms with Crippen LogP contribution in [-0.2, 0) is 5.41 Å². The lowest BCUT2D eigenvalue weighted by Crippen LogP contribution is -2.33. The Bertz CT molecular complexity index is 2910. The average molecular weight is 702 g/mol. The van der Waals surface area contributed by atoms with Crippen LogP contribution in [0.3, 0.4) is 0 Å². The van der Waals surface area contributed by atoms with Crippen molar-refractivity contribution in [3.63, 3.8) is 0 Å². The molecule has 11 rings (SSSR count). The SMILES string of the molecule is c1ccc(-c2ccc3c(c2)Oc2ccccc2C32c3ccccc3-c3cccc(N(c4ccc5ccccc5c4)c4ccccc4-c4ccccc4)c32)cc1. The molecule has 2 nitrogen and oxygen atoms in total. The first-order valence-corrected chi connectivity index (χ1v) is 18.9. The van der Waals surface area contributed by atoms with E-state index in [-0.39, 0.29) is 0 Å². The van der Waals surface area contributed by atoms with Crippen molar-refractivity contribution in [1.29, 1.82) is 0 Å². The van der Waals surface area contributed by atoms with Gasteiger partial charge in [0.05, 0.1) is 16.8 Å². The third kappa shape index (κ3) is 4.75. The van der Waals surface area contributed by atoms with Crippen molar-refractivity contribution in [2.75, 3.05) is 4.90 Å². The summed E-state index contributed by atoms with van der Waals surface area (Å²) in [6.45, 7) is 0. The molecule has 1 aliphatic carbocycles. The second-order valence-corrected chi connectivity index (χ2v) is 14.4. The van der Waals surface area contributed by atoms with Crippen LogP contribution in [0.1, 0.15) is 22.3 Å². The lowest BCUT2D eigenvalue weighted by atomic mass is 9.65. The smallest absolute Gasteiger partial charge is 0.132 e. The zero-order chi connectivity index (χ0) is 36.3. The van der Waals surface area contributed by atoms with Crippen LogP contribution in [0, 0.1) is 0 Å². The third-order valence-electron chi connectivity index (χ3n) is 11.5. The number of hydrogen-bond acceptors (Lipinski definition) is 2. The first kappa shape index (κ1) is 31.4. The van der Waals surface area contributed by atoms with E-state index in [1.807, 2.05) is 0 Å². The molecule has 2 heteroatoms. The zero-order valence-electron chi connectivity index (χ0n) is 30.1. The van der Waals surface area contributed by atoms with Crippen molar-refractivity contribution in [1.82, 2.24) is 0 Å². The number of hydrogen-bond donors (Lipinski definition) is 0. The van der Waals surface area contributed by atoms with Gasteiger partial charge in [0.15, 0.2) is 0 Å². The van der Waals surface area contributed by atoms with Crippen LogP contribution in [0.15, 0.2) is 212 Å². The summed E-state index contributed by atoms with van der Waals surface area (Å²) >= 11 is 0. The third-order valence-corrected chi connectivity index (χ3v) is 11.5. The highest BCUT2D eigenvalue weighted by Crippen LogP contribution is 2.65. The summed E-state index contributed by atoms with van der Waals surface area (Å²) in [5.74, 6) is 1.75. The van der Waals surface area contributed by atoms with E-state index in [4.69, 9.17) is 4.74 Å². The van der Waals surface area contributed by atoms with Crippen LogP contribution >= 0.6 is 0 Å². The van der Waals surface area contributed by atoms with Gasteiger partial charge in [-0.15, -0.1) is 0 Å². The van der Waals surface area contributed by atoms with E-state index in [2.05, 4.69) is 217 Å². The van der Waals surface area contributed by atoms with Gasteiger partial charge in [-0.1, -0.05) is 176 Å². The summed E-state index contributed by atoms with van der Waals surface area (Å²) in [5, 5.41) is 2.41. The van der Waals surface area contributed by atoms with Crippen molar-refractivity contribution >= 4 is 27.8 Å². The molecule has 0 fully saturated rings. The Morgan fingerprint density at radius 1 is 0.345 bits per heavy atom. The molecule has 0 radical (unpaired) electrons. The predicted octanol–water partition coefficient (Wildman–Crippen LogP) is 14.1. The molecule has 0 aromatic heterocycles. The Kier molecular flexibility index (Phi) is 7.11. The van der Waals surface area contributed by atoms with Crippen molar-refractivity contribution in [2.45, 2.75) is 5.41 Å². The van der Waals surface area contributed by atoms with Gasteiger partial charge in [0.1, 0.15) is 11.5 Å². The molecule has 0 amide bonds. The van der Waals surface area contributed by atoms with Crippen molar-refractivity contribution in [3.05, 3.63) is 235 Å². The predicted molar refractivity (Wildman–Crippen MR) is 227 cm³/mol. The lowest BCUT2D eigenvalue weighted by Gasteiger charge is -2.42. The number of ether oxygens (including phenoxy) is 1. The Morgan fingerprint density at radius 2 is 0.964 bits per heavy atom. The molecule has 0 bridgehead atoms. The second-order valence-electron chi connectivity index (χ2n) is 14.4. The van der Waals surface area contributed by atoms with Crippen molar-refractivity contribution in [3.8, 4) is 44.9 Å². The van der Waals surface area contributed by atoms with E-state index < -0.39 is 5.41 Å². The van der Waals surface area contributed by atoms with Gasteiger partial charge in [-0.3, -0.25) is 0 Å². The van der Waals surface area contributed by atoms with Crippen LogP contribution < -0.4 is 9.64 Å². The molecule has 258 valence electrons. The van der Waals surface area contributed by atoms with Crippen LogP contribution in [0.4, 0.5) is 17.1 Å². The summed E-state index contributed by atoms with van der Waals surface area (Å²) in [6, 6.07) is 76.9. The Morgan fingerprint density at radius 3 is 1.80 bits per heavy atom. The molecule has 1 unspecified atom stereocenters. The van der Waals surface area contributed by atoms with Gasteiger partial charge in [-0.2, -0.15) is 0 Å². The number of nitrogens with zero attached hydrogens (tertiary/aromatic N) is 1. The van der Waals surface area contributed by atoms with Gasteiger partial charge < -0.3 is 9.64 Å². The minimum atomic E-state index is -0.668. The van der Waals surface area contributed by atoms with E-state index in [0.29, 0.717) is 0 Å². The van der Waals surface area contributed by atoms with Gasteiger partial charge in [0.2, 0.25) is 0 Å². The Balaban J connectivity index is 1.26. The molecule has 0 N–H and O–H groups in total. The first-order chi connectivity index (χ1) is 27.3. The number of rotatable bonds is 5. The molecule has 1 spiro atoms. The van der Waals surface area contributed by atoms with Crippen molar-refractivity contribution < 1.29 is 4.74 Å². The maximum absolute atomic E-state index is 6.94. The molecular weight excluding hydrogens is 667 g/mol. The van der Waals surface area contributed by atoms with Gasteiger partial charge in [-0.25, -0.2) is 0 Å². The quantitative estimate of drug-likeness (QED) is 0.177. The minimum absolute atomic E-state index is 0.668. The fourth-order valence-corrected chi connectivity index (χ4v) is 9.19. The molecule has 1 heterocycles. The molecule has 1 atom stereocenters. The fourth-order valence-electron chi connectivity index (χ4n) is 9.19. The second kappa shape index (κ2) is 12.5. The highest BCUT2D eigenvalue weighted by molar-refractivity contribution is 5.99. The van der Waals surface area contributed by atoms with Crippen molar-refractivity contribution in [2.24, 2.45) is 0 Å². The fraction of sp³-hybridized carbons (Fsp3) is 0.0189. The first-order valence-electron chi connectivity index (χ1n) is 18.9.